The van der Waals surface area contributed by atoms with E-state index in [-0.39, 0.29) is 12.5 Å². The summed E-state index contributed by atoms with van der Waals surface area (Å²) in [6, 6.07) is 4.72. The van der Waals surface area contributed by atoms with E-state index in [0.29, 0.717) is 15.1 Å². The second-order valence-electron chi connectivity index (χ2n) is 2.78. The van der Waals surface area contributed by atoms with Crippen LogP contribution in [0.15, 0.2) is 22.7 Å². The van der Waals surface area contributed by atoms with E-state index >= 15 is 0 Å². The molecule has 0 radical (unpaired) electrons. The van der Waals surface area contributed by atoms with Gasteiger partial charge < -0.3 is 11.1 Å². The minimum absolute atomic E-state index is 0.181. The molecule has 0 heterocycles. The number of nitrogens with one attached hydrogen (secondary N) is 1. The highest BCUT2D eigenvalue weighted by atomic mass is 79.9. The zero-order valence-electron chi connectivity index (χ0n) is 7.59. The van der Waals surface area contributed by atoms with Gasteiger partial charge in [-0.1, -0.05) is 11.6 Å². The molecule has 0 aromatic heterocycles. The van der Waals surface area contributed by atoms with E-state index in [4.69, 9.17) is 17.3 Å². The van der Waals surface area contributed by atoms with Crippen LogP contribution in [0, 0.1) is 0 Å². The Hall–Kier alpha value is -1.07. The summed E-state index contributed by atoms with van der Waals surface area (Å²) in [5.74, 6) is -0.956. The number of amides is 2. The largest absolute Gasteiger partial charge is 0.368 e. The van der Waals surface area contributed by atoms with Crippen molar-refractivity contribution in [2.75, 3.05) is 6.54 Å². The fourth-order valence-corrected chi connectivity index (χ4v) is 1.40. The van der Waals surface area contributed by atoms with Gasteiger partial charge in [0, 0.05) is 10.0 Å². The number of hydrogen-bond acceptors (Lipinski definition) is 2. The number of hydrogen-bond donors (Lipinski definition) is 2. The Kier molecular flexibility index (Phi) is 4.11. The van der Waals surface area contributed by atoms with Crippen molar-refractivity contribution in [2.24, 2.45) is 5.73 Å². The van der Waals surface area contributed by atoms with Gasteiger partial charge in [-0.3, -0.25) is 9.59 Å². The van der Waals surface area contributed by atoms with E-state index in [1.54, 1.807) is 18.2 Å². The molecule has 0 spiro atoms. The van der Waals surface area contributed by atoms with Gasteiger partial charge in [-0.2, -0.15) is 0 Å². The number of rotatable bonds is 3. The highest BCUT2D eigenvalue weighted by molar-refractivity contribution is 9.10. The monoisotopic (exact) mass is 290 g/mol. The number of benzene rings is 1. The molecular weight excluding hydrogens is 283 g/mol. The molecule has 0 aliphatic heterocycles. The van der Waals surface area contributed by atoms with E-state index < -0.39 is 5.91 Å². The SMILES string of the molecule is NC(=O)CNC(=O)c1ccc(Cl)c(Br)c1. The molecule has 0 unspecified atom stereocenters. The van der Waals surface area contributed by atoms with Gasteiger partial charge in [0.15, 0.2) is 0 Å². The molecule has 1 rings (SSSR count). The van der Waals surface area contributed by atoms with E-state index in [9.17, 15) is 9.59 Å². The molecule has 1 aromatic carbocycles. The van der Waals surface area contributed by atoms with E-state index in [2.05, 4.69) is 21.2 Å². The maximum Gasteiger partial charge on any atom is 0.251 e. The lowest BCUT2D eigenvalue weighted by Crippen LogP contribution is -2.33. The van der Waals surface area contributed by atoms with Crippen molar-refractivity contribution in [1.29, 1.82) is 0 Å². The van der Waals surface area contributed by atoms with Crippen molar-refractivity contribution in [3.63, 3.8) is 0 Å². The molecule has 1 aromatic rings. The van der Waals surface area contributed by atoms with Crippen molar-refractivity contribution in [3.05, 3.63) is 33.3 Å². The number of nitrogens with two attached hydrogens (primary N) is 1. The van der Waals surface area contributed by atoms with Gasteiger partial charge in [-0.05, 0) is 34.1 Å². The highest BCUT2D eigenvalue weighted by Crippen LogP contribution is 2.22. The summed E-state index contributed by atoms with van der Waals surface area (Å²) in [7, 11) is 0. The molecular formula is C9H8BrClN2O2. The lowest BCUT2D eigenvalue weighted by Gasteiger charge is -2.03. The Labute approximate surface area is 99.9 Å². The van der Waals surface area contributed by atoms with Gasteiger partial charge in [0.25, 0.3) is 5.91 Å². The Morgan fingerprint density at radius 2 is 2.13 bits per heavy atom. The van der Waals surface area contributed by atoms with Crippen LogP contribution in [0.2, 0.25) is 5.02 Å². The van der Waals surface area contributed by atoms with Gasteiger partial charge in [0.1, 0.15) is 0 Å². The molecule has 0 atom stereocenters. The Bertz CT molecular complexity index is 409. The Morgan fingerprint density at radius 3 is 2.67 bits per heavy atom. The van der Waals surface area contributed by atoms with E-state index in [1.807, 2.05) is 0 Å². The zero-order valence-corrected chi connectivity index (χ0v) is 9.93. The molecule has 3 N–H and O–H groups in total. The molecule has 0 aliphatic carbocycles. The standard InChI is InChI=1S/C9H8BrClN2O2/c10-6-3-5(1-2-7(6)11)9(15)13-4-8(12)14/h1-3H,4H2,(H2,12,14)(H,13,15). The molecule has 2 amide bonds. The number of primary amides is 1. The smallest absolute Gasteiger partial charge is 0.251 e. The average Bonchev–Trinajstić information content (AvgIpc) is 2.18. The fraction of sp³-hybridized carbons (Fsp3) is 0.111. The Morgan fingerprint density at radius 1 is 1.47 bits per heavy atom. The van der Waals surface area contributed by atoms with Crippen molar-refractivity contribution < 1.29 is 9.59 Å². The molecule has 0 saturated heterocycles. The summed E-state index contributed by atoms with van der Waals surface area (Å²) < 4.78 is 0.621. The first-order chi connectivity index (χ1) is 7.00. The summed E-state index contributed by atoms with van der Waals surface area (Å²) in [6.45, 7) is -0.181. The minimum atomic E-state index is -0.587. The highest BCUT2D eigenvalue weighted by Gasteiger charge is 2.07. The number of carbonyl (C=O) groups excluding carboxylic acids is 2. The van der Waals surface area contributed by atoms with Crippen LogP contribution in [0.3, 0.4) is 0 Å². The predicted molar refractivity (Wildman–Crippen MR) is 60.7 cm³/mol. The average molecular weight is 292 g/mol. The summed E-state index contributed by atoms with van der Waals surface area (Å²) in [6.07, 6.45) is 0. The second-order valence-corrected chi connectivity index (χ2v) is 4.04. The van der Waals surface area contributed by atoms with E-state index in [1.165, 1.54) is 0 Å². The van der Waals surface area contributed by atoms with Gasteiger partial charge in [-0.25, -0.2) is 0 Å². The van der Waals surface area contributed by atoms with Crippen LogP contribution >= 0.6 is 27.5 Å². The third-order valence-corrected chi connectivity index (χ3v) is 2.82. The fourth-order valence-electron chi connectivity index (χ4n) is 0.907. The lowest BCUT2D eigenvalue weighted by atomic mass is 10.2. The predicted octanol–water partition coefficient (Wildman–Crippen LogP) is 1.32. The van der Waals surface area contributed by atoms with Gasteiger partial charge in [-0.15, -0.1) is 0 Å². The van der Waals surface area contributed by atoms with Crippen LogP contribution in [-0.2, 0) is 4.79 Å². The normalized spacial score (nSPS) is 9.73. The summed E-state index contributed by atoms with van der Waals surface area (Å²) >= 11 is 8.95. The third kappa shape index (κ3) is 3.53. The first-order valence-electron chi connectivity index (χ1n) is 4.02. The van der Waals surface area contributed by atoms with Crippen LogP contribution in [0.25, 0.3) is 0 Å². The van der Waals surface area contributed by atoms with Crippen LogP contribution in [0.4, 0.5) is 0 Å². The maximum atomic E-state index is 11.4. The molecule has 0 saturated carbocycles. The minimum Gasteiger partial charge on any atom is -0.368 e. The summed E-state index contributed by atoms with van der Waals surface area (Å²) in [5, 5.41) is 2.88. The van der Waals surface area contributed by atoms with Crippen molar-refractivity contribution in [2.45, 2.75) is 0 Å². The van der Waals surface area contributed by atoms with Crippen molar-refractivity contribution in [3.8, 4) is 0 Å². The molecule has 4 nitrogen and oxygen atoms in total. The quantitative estimate of drug-likeness (QED) is 0.881. The summed E-state index contributed by atoms with van der Waals surface area (Å²) in [5.41, 5.74) is 5.30. The first-order valence-corrected chi connectivity index (χ1v) is 5.19. The van der Waals surface area contributed by atoms with Crippen molar-refractivity contribution in [1.82, 2.24) is 5.32 Å². The van der Waals surface area contributed by atoms with Crippen LogP contribution < -0.4 is 11.1 Å². The molecule has 0 bridgehead atoms. The van der Waals surface area contributed by atoms with Gasteiger partial charge in [0.2, 0.25) is 5.91 Å². The van der Waals surface area contributed by atoms with Gasteiger partial charge >= 0.3 is 0 Å². The van der Waals surface area contributed by atoms with Crippen molar-refractivity contribution >= 4 is 39.3 Å². The molecule has 0 aliphatic rings. The van der Waals surface area contributed by atoms with Gasteiger partial charge in [0.05, 0.1) is 11.6 Å². The third-order valence-electron chi connectivity index (χ3n) is 1.60. The lowest BCUT2D eigenvalue weighted by molar-refractivity contribution is -0.117. The van der Waals surface area contributed by atoms with Crippen LogP contribution in [0.5, 0.6) is 0 Å². The number of halogens is 2. The molecule has 80 valence electrons. The number of carbonyl (C=O) groups is 2. The van der Waals surface area contributed by atoms with Crippen LogP contribution in [-0.4, -0.2) is 18.4 Å². The first kappa shape index (κ1) is 12.0. The molecule has 15 heavy (non-hydrogen) atoms. The van der Waals surface area contributed by atoms with Crippen LogP contribution in [0.1, 0.15) is 10.4 Å². The second kappa shape index (κ2) is 5.14. The topological polar surface area (TPSA) is 72.2 Å². The summed E-state index contributed by atoms with van der Waals surface area (Å²) in [4.78, 5) is 21.9. The Balaban J connectivity index is 2.74. The molecule has 6 heteroatoms. The maximum absolute atomic E-state index is 11.4. The van der Waals surface area contributed by atoms with E-state index in [0.717, 1.165) is 0 Å². The zero-order chi connectivity index (χ0) is 11.4. The molecule has 0 fully saturated rings.